The molecule has 20 heavy (non-hydrogen) atoms. The van der Waals surface area contributed by atoms with E-state index in [2.05, 4.69) is 67.0 Å². The summed E-state index contributed by atoms with van der Waals surface area (Å²) in [4.78, 5) is 0. The number of phenols is 1. The summed E-state index contributed by atoms with van der Waals surface area (Å²) in [7, 11) is 0. The lowest BCUT2D eigenvalue weighted by Gasteiger charge is -2.13. The zero-order chi connectivity index (χ0) is 14.9. The second-order valence-corrected chi connectivity index (χ2v) is 6.52. The Bertz CT molecular complexity index is 612. The van der Waals surface area contributed by atoms with Crippen LogP contribution in [0.25, 0.3) is 0 Å². The summed E-state index contributed by atoms with van der Waals surface area (Å²) in [6, 6.07) is 10.8. The Hall–Kier alpha value is -1.28. The monoisotopic (exact) mass is 332 g/mol. The van der Waals surface area contributed by atoms with Crippen LogP contribution in [0.2, 0.25) is 0 Å². The van der Waals surface area contributed by atoms with Crippen LogP contribution in [0.3, 0.4) is 0 Å². The van der Waals surface area contributed by atoms with Crippen molar-refractivity contribution in [2.75, 3.05) is 0 Å². The first-order chi connectivity index (χ1) is 9.40. The van der Waals surface area contributed by atoms with Gasteiger partial charge in [-0.15, -0.1) is 0 Å². The molecule has 0 aliphatic rings. The van der Waals surface area contributed by atoms with Crippen molar-refractivity contribution in [3.63, 3.8) is 0 Å². The van der Waals surface area contributed by atoms with Crippen molar-refractivity contribution in [2.24, 2.45) is 0 Å². The fraction of sp³-hybridized carbons (Fsp3) is 0.333. The minimum atomic E-state index is 0.371. The molecule has 0 saturated heterocycles. The third kappa shape index (κ3) is 3.06. The van der Waals surface area contributed by atoms with Gasteiger partial charge in [0.1, 0.15) is 5.75 Å². The number of phenolic OH excluding ortho intramolecular Hbond substituents is 1. The molecule has 0 spiro atoms. The van der Waals surface area contributed by atoms with Gasteiger partial charge in [0, 0.05) is 12.0 Å². The normalized spacial score (nSPS) is 11.1. The van der Waals surface area contributed by atoms with Crippen LogP contribution < -0.4 is 0 Å². The summed E-state index contributed by atoms with van der Waals surface area (Å²) in [5, 5.41) is 10.3. The molecule has 0 bridgehead atoms. The lowest BCUT2D eigenvalue weighted by molar-refractivity contribution is 0.465. The second-order valence-electron chi connectivity index (χ2n) is 5.72. The highest BCUT2D eigenvalue weighted by Crippen LogP contribution is 2.35. The van der Waals surface area contributed by atoms with Crippen molar-refractivity contribution >= 4 is 15.9 Å². The van der Waals surface area contributed by atoms with Gasteiger partial charge < -0.3 is 5.11 Å². The van der Waals surface area contributed by atoms with E-state index in [1.54, 1.807) is 0 Å². The largest absolute Gasteiger partial charge is 0.506 e. The first kappa shape index (κ1) is 15.1. The van der Waals surface area contributed by atoms with Gasteiger partial charge in [-0.05, 0) is 57.9 Å². The molecule has 0 aromatic heterocycles. The average molecular weight is 333 g/mol. The van der Waals surface area contributed by atoms with Gasteiger partial charge in [-0.25, -0.2) is 0 Å². The van der Waals surface area contributed by atoms with Crippen molar-refractivity contribution in [1.29, 1.82) is 0 Å². The van der Waals surface area contributed by atoms with Crippen LogP contribution in [-0.2, 0) is 6.42 Å². The molecule has 2 aromatic rings. The molecule has 2 heteroatoms. The summed E-state index contributed by atoms with van der Waals surface area (Å²) in [5.41, 5.74) is 5.78. The summed E-state index contributed by atoms with van der Waals surface area (Å²) in [6.45, 7) is 8.44. The van der Waals surface area contributed by atoms with E-state index in [1.807, 2.05) is 6.92 Å². The van der Waals surface area contributed by atoms with Crippen LogP contribution in [0.15, 0.2) is 34.8 Å². The lowest BCUT2D eigenvalue weighted by atomic mass is 9.95. The van der Waals surface area contributed by atoms with Gasteiger partial charge >= 0.3 is 0 Å². The molecule has 2 rings (SSSR count). The second kappa shape index (κ2) is 6.01. The maximum absolute atomic E-state index is 10.3. The van der Waals surface area contributed by atoms with Gasteiger partial charge in [0.25, 0.3) is 0 Å². The number of halogens is 1. The van der Waals surface area contributed by atoms with Crippen LogP contribution >= 0.6 is 15.9 Å². The first-order valence-corrected chi connectivity index (χ1v) is 7.75. The molecule has 0 unspecified atom stereocenters. The first-order valence-electron chi connectivity index (χ1n) is 6.96. The molecule has 0 aliphatic heterocycles. The van der Waals surface area contributed by atoms with Gasteiger partial charge in [-0.3, -0.25) is 0 Å². The molecule has 0 atom stereocenters. The van der Waals surface area contributed by atoms with E-state index in [-0.39, 0.29) is 0 Å². The predicted molar refractivity (Wildman–Crippen MR) is 88.6 cm³/mol. The number of hydrogen-bond donors (Lipinski definition) is 1. The van der Waals surface area contributed by atoms with Gasteiger partial charge in [0.15, 0.2) is 0 Å². The number of aromatic hydroxyl groups is 1. The maximum atomic E-state index is 10.3. The van der Waals surface area contributed by atoms with Crippen molar-refractivity contribution in [2.45, 2.75) is 40.0 Å². The van der Waals surface area contributed by atoms with Gasteiger partial charge in [0.2, 0.25) is 0 Å². The maximum Gasteiger partial charge on any atom is 0.133 e. The van der Waals surface area contributed by atoms with Crippen LogP contribution in [0.4, 0.5) is 0 Å². The van der Waals surface area contributed by atoms with E-state index in [1.165, 1.54) is 11.1 Å². The quantitative estimate of drug-likeness (QED) is 0.788. The third-order valence-electron chi connectivity index (χ3n) is 3.78. The summed E-state index contributed by atoms with van der Waals surface area (Å²) < 4.78 is 0.803. The Labute approximate surface area is 129 Å². The van der Waals surface area contributed by atoms with Gasteiger partial charge in [-0.2, -0.15) is 0 Å². The number of hydrogen-bond acceptors (Lipinski definition) is 1. The molecular weight excluding hydrogens is 312 g/mol. The molecule has 0 radical (unpaired) electrons. The van der Waals surface area contributed by atoms with Gasteiger partial charge in [0.05, 0.1) is 4.47 Å². The van der Waals surface area contributed by atoms with Crippen LogP contribution in [0.5, 0.6) is 5.75 Å². The zero-order valence-corrected chi connectivity index (χ0v) is 14.1. The predicted octanol–water partition coefficient (Wildman–Crippen LogP) is 5.49. The van der Waals surface area contributed by atoms with Crippen LogP contribution in [-0.4, -0.2) is 5.11 Å². The van der Waals surface area contributed by atoms with Crippen molar-refractivity contribution in [1.82, 2.24) is 0 Å². The lowest BCUT2D eigenvalue weighted by Crippen LogP contribution is -1.96. The Balaban J connectivity index is 2.33. The van der Waals surface area contributed by atoms with E-state index in [0.29, 0.717) is 11.7 Å². The van der Waals surface area contributed by atoms with E-state index in [4.69, 9.17) is 0 Å². The molecule has 2 aromatic carbocycles. The summed E-state index contributed by atoms with van der Waals surface area (Å²) >= 11 is 3.46. The molecule has 0 fully saturated rings. The Morgan fingerprint density at radius 1 is 1.05 bits per heavy atom. The SMILES string of the molecule is Cc1cc(C)c(Cc2ccc(C(C)C)cc2)c(O)c1Br. The zero-order valence-electron chi connectivity index (χ0n) is 12.5. The standard InChI is InChI=1S/C18H21BrO/c1-11(2)15-7-5-14(6-8-15)10-16-12(3)9-13(4)17(19)18(16)20/h5-9,11,20H,10H2,1-4H3. The Morgan fingerprint density at radius 3 is 2.20 bits per heavy atom. The highest BCUT2D eigenvalue weighted by atomic mass is 79.9. The van der Waals surface area contributed by atoms with E-state index < -0.39 is 0 Å². The summed E-state index contributed by atoms with van der Waals surface area (Å²) in [5.74, 6) is 0.920. The molecule has 1 N–H and O–H groups in total. The van der Waals surface area contributed by atoms with Crippen molar-refractivity contribution in [3.05, 3.63) is 62.6 Å². The van der Waals surface area contributed by atoms with Gasteiger partial charge in [-0.1, -0.05) is 44.2 Å². The van der Waals surface area contributed by atoms with Crippen LogP contribution in [0, 0.1) is 13.8 Å². The highest BCUT2D eigenvalue weighted by molar-refractivity contribution is 9.10. The Kier molecular flexibility index (Phi) is 4.54. The highest BCUT2D eigenvalue weighted by Gasteiger charge is 2.12. The van der Waals surface area contributed by atoms with Crippen LogP contribution in [0.1, 0.15) is 47.6 Å². The smallest absolute Gasteiger partial charge is 0.133 e. The van der Waals surface area contributed by atoms with E-state index in [0.717, 1.165) is 27.6 Å². The number of rotatable bonds is 3. The average Bonchev–Trinajstić information content (AvgIpc) is 2.42. The van der Waals surface area contributed by atoms with Crippen molar-refractivity contribution < 1.29 is 5.11 Å². The summed E-state index contributed by atoms with van der Waals surface area (Å²) in [6.07, 6.45) is 0.759. The molecule has 0 amide bonds. The number of aryl methyl sites for hydroxylation is 2. The third-order valence-corrected chi connectivity index (χ3v) is 4.78. The van der Waals surface area contributed by atoms with E-state index in [9.17, 15) is 5.11 Å². The molecule has 0 heterocycles. The molecule has 106 valence electrons. The molecular formula is C18H21BrO. The topological polar surface area (TPSA) is 20.2 Å². The minimum absolute atomic E-state index is 0.371. The fourth-order valence-electron chi connectivity index (χ4n) is 2.43. The molecule has 0 aliphatic carbocycles. The molecule has 0 saturated carbocycles. The van der Waals surface area contributed by atoms with Crippen molar-refractivity contribution in [3.8, 4) is 5.75 Å². The Morgan fingerprint density at radius 2 is 1.65 bits per heavy atom. The van der Waals surface area contributed by atoms with E-state index >= 15 is 0 Å². The molecule has 1 nitrogen and oxygen atoms in total. The number of benzene rings is 2. The fourth-order valence-corrected chi connectivity index (χ4v) is 2.78. The minimum Gasteiger partial charge on any atom is -0.506 e.